The standard InChI is InChI=1S/C23H35ClN6O/c1-16-20(17(2)29(6)28-16)13-26-22(25-5)27-14-21(18-7-9-19(24)10-8-18)30-11-12-31-23(3,4)15-30/h7-10,21H,11-15H2,1-6H3,(H2,25,26,27). The van der Waals surface area contributed by atoms with Crippen molar-refractivity contribution in [3.05, 3.63) is 51.8 Å². The molecule has 1 aliphatic rings. The van der Waals surface area contributed by atoms with Gasteiger partial charge >= 0.3 is 0 Å². The summed E-state index contributed by atoms with van der Waals surface area (Å²) in [6.45, 7) is 12.3. The van der Waals surface area contributed by atoms with Crippen molar-refractivity contribution in [2.45, 2.75) is 45.9 Å². The first-order valence-corrected chi connectivity index (χ1v) is 11.1. The molecule has 8 heteroatoms. The molecule has 1 aliphatic heterocycles. The fourth-order valence-electron chi connectivity index (χ4n) is 4.12. The summed E-state index contributed by atoms with van der Waals surface area (Å²) in [5.74, 6) is 0.772. The fourth-order valence-corrected chi connectivity index (χ4v) is 4.25. The summed E-state index contributed by atoms with van der Waals surface area (Å²) in [6.07, 6.45) is 0. The van der Waals surface area contributed by atoms with Crippen LogP contribution in [0, 0.1) is 13.8 Å². The van der Waals surface area contributed by atoms with Gasteiger partial charge in [-0.15, -0.1) is 0 Å². The maximum atomic E-state index is 6.14. The molecule has 0 bridgehead atoms. The third kappa shape index (κ3) is 5.99. The van der Waals surface area contributed by atoms with Gasteiger partial charge in [-0.2, -0.15) is 5.10 Å². The van der Waals surface area contributed by atoms with Crippen LogP contribution in [0.15, 0.2) is 29.3 Å². The molecule has 1 aromatic heterocycles. The van der Waals surface area contributed by atoms with Gasteiger partial charge in [0.1, 0.15) is 0 Å². The number of morpholine rings is 1. The van der Waals surface area contributed by atoms with E-state index in [2.05, 4.69) is 58.5 Å². The molecule has 0 aliphatic carbocycles. The highest BCUT2D eigenvalue weighted by Gasteiger charge is 2.32. The lowest BCUT2D eigenvalue weighted by molar-refractivity contribution is -0.0971. The van der Waals surface area contributed by atoms with Crippen molar-refractivity contribution in [3.8, 4) is 0 Å². The van der Waals surface area contributed by atoms with E-state index in [9.17, 15) is 0 Å². The number of hydrogen-bond donors (Lipinski definition) is 2. The van der Waals surface area contributed by atoms with Crippen molar-refractivity contribution in [1.82, 2.24) is 25.3 Å². The van der Waals surface area contributed by atoms with Crippen LogP contribution < -0.4 is 10.6 Å². The Morgan fingerprint density at radius 3 is 2.55 bits per heavy atom. The van der Waals surface area contributed by atoms with Gasteiger partial charge in [-0.05, 0) is 45.4 Å². The number of aryl methyl sites for hydroxylation is 2. The van der Waals surface area contributed by atoms with Crippen LogP contribution in [0.4, 0.5) is 0 Å². The lowest BCUT2D eigenvalue weighted by Gasteiger charge is -2.42. The number of nitrogens with zero attached hydrogens (tertiary/aromatic N) is 4. The number of guanidine groups is 1. The Hall–Kier alpha value is -2.09. The number of halogens is 1. The van der Waals surface area contributed by atoms with Crippen molar-refractivity contribution in [2.24, 2.45) is 12.0 Å². The molecule has 0 saturated carbocycles. The summed E-state index contributed by atoms with van der Waals surface area (Å²) in [5, 5.41) is 12.2. The number of hydrogen-bond acceptors (Lipinski definition) is 4. The van der Waals surface area contributed by atoms with Crippen LogP contribution in [0.5, 0.6) is 0 Å². The van der Waals surface area contributed by atoms with E-state index in [1.807, 2.05) is 30.8 Å². The molecule has 0 spiro atoms. The Morgan fingerprint density at radius 1 is 1.26 bits per heavy atom. The Labute approximate surface area is 190 Å². The summed E-state index contributed by atoms with van der Waals surface area (Å²) in [4.78, 5) is 6.90. The van der Waals surface area contributed by atoms with Gasteiger partial charge in [0.2, 0.25) is 0 Å². The monoisotopic (exact) mass is 446 g/mol. The normalized spacial score (nSPS) is 18.1. The van der Waals surface area contributed by atoms with Crippen LogP contribution in [0.3, 0.4) is 0 Å². The average Bonchev–Trinajstić information content (AvgIpc) is 2.96. The third-order valence-electron chi connectivity index (χ3n) is 5.93. The van der Waals surface area contributed by atoms with E-state index < -0.39 is 0 Å². The summed E-state index contributed by atoms with van der Waals surface area (Å²) in [6, 6.07) is 8.30. The number of benzene rings is 1. The third-order valence-corrected chi connectivity index (χ3v) is 6.18. The molecule has 2 heterocycles. The number of nitrogens with one attached hydrogen (secondary N) is 2. The van der Waals surface area contributed by atoms with Crippen molar-refractivity contribution >= 4 is 17.6 Å². The van der Waals surface area contributed by atoms with Gasteiger partial charge in [0.15, 0.2) is 5.96 Å². The molecule has 0 amide bonds. The first kappa shape index (κ1) is 23.6. The summed E-state index contributed by atoms with van der Waals surface area (Å²) < 4.78 is 7.85. The molecular weight excluding hydrogens is 412 g/mol. The van der Waals surface area contributed by atoms with Crippen molar-refractivity contribution < 1.29 is 4.74 Å². The molecule has 1 fully saturated rings. The minimum Gasteiger partial charge on any atom is -0.373 e. The van der Waals surface area contributed by atoms with Gasteiger partial charge in [0, 0.05) is 56.6 Å². The summed E-state index contributed by atoms with van der Waals surface area (Å²) in [5.41, 5.74) is 4.46. The molecule has 2 N–H and O–H groups in total. The summed E-state index contributed by atoms with van der Waals surface area (Å²) >= 11 is 6.14. The zero-order valence-corrected chi connectivity index (χ0v) is 20.3. The molecule has 2 aromatic rings. The zero-order chi connectivity index (χ0) is 22.6. The van der Waals surface area contributed by atoms with E-state index in [1.165, 1.54) is 11.1 Å². The van der Waals surface area contributed by atoms with E-state index >= 15 is 0 Å². The number of ether oxygens (including phenoxy) is 1. The van der Waals surface area contributed by atoms with Crippen LogP contribution in [0.25, 0.3) is 0 Å². The van der Waals surface area contributed by atoms with Gasteiger partial charge in [-0.3, -0.25) is 14.6 Å². The molecule has 3 rings (SSSR count). The quantitative estimate of drug-likeness (QED) is 0.527. The zero-order valence-electron chi connectivity index (χ0n) is 19.5. The van der Waals surface area contributed by atoms with Crippen LogP contribution in [0.1, 0.15) is 42.4 Å². The lowest BCUT2D eigenvalue weighted by Crippen LogP contribution is -2.52. The molecule has 1 unspecified atom stereocenters. The van der Waals surface area contributed by atoms with Crippen molar-refractivity contribution in [1.29, 1.82) is 0 Å². The van der Waals surface area contributed by atoms with Gasteiger partial charge in [0.05, 0.1) is 23.9 Å². The second-order valence-electron chi connectivity index (χ2n) is 8.73. The van der Waals surface area contributed by atoms with E-state index in [0.29, 0.717) is 6.54 Å². The van der Waals surface area contributed by atoms with Crippen LogP contribution in [-0.2, 0) is 18.3 Å². The highest BCUT2D eigenvalue weighted by Crippen LogP contribution is 2.27. The van der Waals surface area contributed by atoms with Crippen molar-refractivity contribution in [2.75, 3.05) is 33.3 Å². The molecule has 1 saturated heterocycles. The predicted octanol–water partition coefficient (Wildman–Crippen LogP) is 3.21. The Morgan fingerprint density at radius 2 is 1.97 bits per heavy atom. The Balaban J connectivity index is 1.70. The second kappa shape index (κ2) is 10.0. The van der Waals surface area contributed by atoms with Gasteiger partial charge in [-0.25, -0.2) is 0 Å². The SMILES string of the molecule is CN=C(NCc1c(C)nn(C)c1C)NCC(c1ccc(Cl)cc1)N1CCOC(C)(C)C1. The molecule has 7 nitrogen and oxygen atoms in total. The Kier molecular flexibility index (Phi) is 7.62. The average molecular weight is 447 g/mol. The smallest absolute Gasteiger partial charge is 0.191 e. The van der Waals surface area contributed by atoms with Gasteiger partial charge in [-0.1, -0.05) is 23.7 Å². The second-order valence-corrected chi connectivity index (χ2v) is 9.16. The molecule has 31 heavy (non-hydrogen) atoms. The van der Waals surface area contributed by atoms with Crippen molar-refractivity contribution in [3.63, 3.8) is 0 Å². The highest BCUT2D eigenvalue weighted by atomic mass is 35.5. The van der Waals surface area contributed by atoms with E-state index in [-0.39, 0.29) is 11.6 Å². The maximum Gasteiger partial charge on any atom is 0.191 e. The topological polar surface area (TPSA) is 66.7 Å². The van der Waals surface area contributed by atoms with Gasteiger partial charge < -0.3 is 15.4 Å². The first-order chi connectivity index (χ1) is 14.7. The molecule has 170 valence electrons. The minimum atomic E-state index is -0.168. The largest absolute Gasteiger partial charge is 0.373 e. The minimum absolute atomic E-state index is 0.168. The molecule has 1 atom stereocenters. The Bertz CT molecular complexity index is 906. The molecule has 1 aromatic carbocycles. The van der Waals surface area contributed by atoms with Crippen LogP contribution in [0.2, 0.25) is 5.02 Å². The predicted molar refractivity (Wildman–Crippen MR) is 127 cm³/mol. The van der Waals surface area contributed by atoms with E-state index in [4.69, 9.17) is 16.3 Å². The number of aromatic nitrogens is 2. The first-order valence-electron chi connectivity index (χ1n) is 10.8. The molecular formula is C23H35ClN6O. The lowest BCUT2D eigenvalue weighted by atomic mass is 10.0. The van der Waals surface area contributed by atoms with Crippen LogP contribution >= 0.6 is 11.6 Å². The number of rotatable bonds is 6. The van der Waals surface area contributed by atoms with E-state index in [1.54, 1.807) is 7.05 Å². The molecule has 0 radical (unpaired) electrons. The maximum absolute atomic E-state index is 6.14. The van der Waals surface area contributed by atoms with Crippen LogP contribution in [-0.4, -0.2) is 59.5 Å². The summed E-state index contributed by atoms with van der Waals surface area (Å²) in [7, 11) is 3.77. The number of aliphatic imine (C=N–C) groups is 1. The highest BCUT2D eigenvalue weighted by molar-refractivity contribution is 6.30. The van der Waals surface area contributed by atoms with E-state index in [0.717, 1.165) is 48.6 Å². The van der Waals surface area contributed by atoms with Gasteiger partial charge in [0.25, 0.3) is 0 Å². The fraction of sp³-hybridized carbons (Fsp3) is 0.565.